The molecule has 1 aliphatic heterocycles. The summed E-state index contributed by atoms with van der Waals surface area (Å²) in [4.78, 5) is 22.5. The smallest absolute Gasteiger partial charge is 0.271 e. The number of rotatable bonds is 3. The lowest BCUT2D eigenvalue weighted by atomic mass is 10.1. The number of non-ortho nitro benzene ring substituents is 1. The fourth-order valence-corrected chi connectivity index (χ4v) is 4.58. The Morgan fingerprint density at radius 3 is 2.36 bits per heavy atom. The molecule has 0 aromatic heterocycles. The number of nitrogens with zero attached hydrogens (tertiary/aromatic N) is 1. The fraction of sp³-hybridized carbons (Fsp3) is 0.118. The summed E-state index contributed by atoms with van der Waals surface area (Å²) in [7, 11) is -4.19. The summed E-state index contributed by atoms with van der Waals surface area (Å²) >= 11 is 0. The maximum Gasteiger partial charge on any atom is 0.271 e. The van der Waals surface area contributed by atoms with Crippen LogP contribution in [0.2, 0.25) is 0 Å². The van der Waals surface area contributed by atoms with Gasteiger partial charge in [-0.25, -0.2) is 8.42 Å². The van der Waals surface area contributed by atoms with E-state index >= 15 is 0 Å². The van der Waals surface area contributed by atoms with E-state index in [-0.39, 0.29) is 27.5 Å². The van der Waals surface area contributed by atoms with Gasteiger partial charge in [0.15, 0.2) is 0 Å². The monoisotopic (exact) mass is 358 g/mol. The lowest BCUT2D eigenvalue weighted by Crippen LogP contribution is -2.24. The highest BCUT2D eigenvalue weighted by molar-refractivity contribution is 7.96. The van der Waals surface area contributed by atoms with Gasteiger partial charge in [-0.3, -0.25) is 14.9 Å². The van der Waals surface area contributed by atoms with Crippen LogP contribution in [0.25, 0.3) is 0 Å². The van der Waals surface area contributed by atoms with Crippen LogP contribution < -0.4 is 5.32 Å². The zero-order valence-electron chi connectivity index (χ0n) is 13.4. The third-order valence-corrected chi connectivity index (χ3v) is 5.88. The molecule has 0 atom stereocenters. The van der Waals surface area contributed by atoms with E-state index in [0.717, 1.165) is 6.07 Å². The van der Waals surface area contributed by atoms with Crippen molar-refractivity contribution in [2.75, 3.05) is 5.32 Å². The first-order chi connectivity index (χ1) is 11.7. The van der Waals surface area contributed by atoms with Crippen molar-refractivity contribution in [3.63, 3.8) is 0 Å². The molecular formula is C17H14N2O5S. The Hall–Kier alpha value is -3.00. The maximum atomic E-state index is 13.0. The van der Waals surface area contributed by atoms with E-state index in [1.807, 2.05) is 0 Å². The molecule has 128 valence electrons. The number of anilines is 1. The number of allylic oxidation sites excluding steroid dienone is 2. The fourth-order valence-electron chi connectivity index (χ4n) is 2.78. The van der Waals surface area contributed by atoms with Gasteiger partial charge in [-0.15, -0.1) is 0 Å². The Kier molecular flexibility index (Phi) is 3.92. The molecule has 0 radical (unpaired) electrons. The standard InChI is InChI=1S/C17H14N2O5S/c1-10-8-13(19(21)22)9-14-15(10)18-11(2)17(25(14,23)24)16(20)12-6-4-3-5-7-12/h3-9,18H,1-2H3. The maximum absolute atomic E-state index is 13.0. The van der Waals surface area contributed by atoms with Crippen molar-refractivity contribution in [2.24, 2.45) is 0 Å². The molecule has 8 heteroatoms. The molecule has 7 nitrogen and oxygen atoms in total. The normalized spacial score (nSPS) is 15.3. The third-order valence-electron chi connectivity index (χ3n) is 3.95. The van der Waals surface area contributed by atoms with Gasteiger partial charge >= 0.3 is 0 Å². The van der Waals surface area contributed by atoms with Crippen LogP contribution in [0.15, 0.2) is 58.0 Å². The number of aryl methyl sites for hydroxylation is 1. The van der Waals surface area contributed by atoms with Crippen LogP contribution >= 0.6 is 0 Å². The number of benzene rings is 2. The van der Waals surface area contributed by atoms with Gasteiger partial charge in [-0.1, -0.05) is 30.3 Å². The van der Waals surface area contributed by atoms with Crippen LogP contribution in [0.3, 0.4) is 0 Å². The first-order valence-corrected chi connectivity index (χ1v) is 8.83. The van der Waals surface area contributed by atoms with E-state index in [9.17, 15) is 23.3 Å². The van der Waals surface area contributed by atoms with Crippen molar-refractivity contribution in [3.05, 3.63) is 74.3 Å². The number of Topliss-reactive ketones (excluding diaryl/α,β-unsaturated/α-hetero) is 1. The second-order valence-corrected chi connectivity index (χ2v) is 7.53. The Morgan fingerprint density at radius 1 is 1.12 bits per heavy atom. The van der Waals surface area contributed by atoms with Crippen molar-refractivity contribution >= 4 is 27.0 Å². The predicted molar refractivity (Wildman–Crippen MR) is 92.1 cm³/mol. The minimum atomic E-state index is -4.19. The summed E-state index contributed by atoms with van der Waals surface area (Å²) in [6.07, 6.45) is 0. The summed E-state index contributed by atoms with van der Waals surface area (Å²) in [6, 6.07) is 10.3. The number of hydrogen-bond acceptors (Lipinski definition) is 6. The van der Waals surface area contributed by atoms with E-state index in [1.165, 1.54) is 25.1 Å². The van der Waals surface area contributed by atoms with Crippen LogP contribution in [0.4, 0.5) is 11.4 Å². The van der Waals surface area contributed by atoms with Gasteiger partial charge in [-0.2, -0.15) is 0 Å². The number of sulfone groups is 1. The lowest BCUT2D eigenvalue weighted by Gasteiger charge is -2.23. The van der Waals surface area contributed by atoms with E-state index in [1.54, 1.807) is 25.1 Å². The zero-order valence-corrected chi connectivity index (χ0v) is 14.3. The number of hydrogen-bond donors (Lipinski definition) is 1. The second-order valence-electron chi connectivity index (χ2n) is 5.67. The molecule has 0 unspecified atom stereocenters. The quantitative estimate of drug-likeness (QED) is 0.513. The minimum Gasteiger partial charge on any atom is -0.357 e. The van der Waals surface area contributed by atoms with Crippen LogP contribution in [-0.4, -0.2) is 19.1 Å². The Morgan fingerprint density at radius 2 is 1.76 bits per heavy atom. The topological polar surface area (TPSA) is 106 Å². The Bertz CT molecular complexity index is 1040. The summed E-state index contributed by atoms with van der Waals surface area (Å²) in [5, 5.41) is 14.0. The number of carbonyl (C=O) groups excluding carboxylic acids is 1. The summed E-state index contributed by atoms with van der Waals surface area (Å²) in [5.74, 6) is -0.652. The summed E-state index contributed by atoms with van der Waals surface area (Å²) in [6.45, 7) is 3.07. The summed E-state index contributed by atoms with van der Waals surface area (Å²) in [5.41, 5.74) is 0.755. The average Bonchev–Trinajstić information content (AvgIpc) is 2.56. The largest absolute Gasteiger partial charge is 0.357 e. The van der Waals surface area contributed by atoms with Crippen LogP contribution in [-0.2, 0) is 9.84 Å². The molecule has 1 aliphatic rings. The average molecular weight is 358 g/mol. The lowest BCUT2D eigenvalue weighted by molar-refractivity contribution is -0.385. The Balaban J connectivity index is 2.23. The number of nitro groups is 1. The molecular weight excluding hydrogens is 344 g/mol. The molecule has 2 aromatic rings. The van der Waals surface area contributed by atoms with Gasteiger partial charge in [-0.05, 0) is 19.4 Å². The van der Waals surface area contributed by atoms with Crippen LogP contribution in [0.1, 0.15) is 22.8 Å². The van der Waals surface area contributed by atoms with Gasteiger partial charge in [0, 0.05) is 23.4 Å². The summed E-state index contributed by atoms with van der Waals surface area (Å²) < 4.78 is 26.0. The SMILES string of the molecule is CC1=C(C(=O)c2ccccc2)S(=O)(=O)c2cc([N+](=O)[O-])cc(C)c2N1. The number of carbonyl (C=O) groups is 1. The number of nitro benzene ring substituents is 1. The first-order valence-electron chi connectivity index (χ1n) is 7.35. The highest BCUT2D eigenvalue weighted by Crippen LogP contribution is 2.39. The zero-order chi connectivity index (χ0) is 18.4. The van der Waals surface area contributed by atoms with Crippen LogP contribution in [0.5, 0.6) is 0 Å². The molecule has 25 heavy (non-hydrogen) atoms. The molecule has 2 aromatic carbocycles. The number of nitrogens with one attached hydrogen (secondary N) is 1. The second kappa shape index (κ2) is 5.82. The molecule has 1 heterocycles. The molecule has 3 rings (SSSR count). The number of ketones is 1. The first kappa shape index (κ1) is 16.8. The minimum absolute atomic E-state index is 0.193. The van der Waals surface area contributed by atoms with Crippen molar-refractivity contribution in [3.8, 4) is 0 Å². The van der Waals surface area contributed by atoms with Gasteiger partial charge in [0.1, 0.15) is 9.80 Å². The molecule has 0 fully saturated rings. The van der Waals surface area contributed by atoms with Crippen LogP contribution in [0, 0.1) is 17.0 Å². The van der Waals surface area contributed by atoms with Crippen molar-refractivity contribution in [1.82, 2.24) is 0 Å². The molecule has 1 N–H and O–H groups in total. The molecule has 0 amide bonds. The van der Waals surface area contributed by atoms with Crippen molar-refractivity contribution in [1.29, 1.82) is 0 Å². The van der Waals surface area contributed by atoms with Gasteiger partial charge in [0.2, 0.25) is 15.6 Å². The molecule has 0 spiro atoms. The molecule has 0 aliphatic carbocycles. The third kappa shape index (κ3) is 2.70. The van der Waals surface area contributed by atoms with Crippen molar-refractivity contribution < 1.29 is 18.1 Å². The Labute approximate surface area is 144 Å². The number of fused-ring (bicyclic) bond motifs is 1. The highest BCUT2D eigenvalue weighted by atomic mass is 32.2. The van der Waals surface area contributed by atoms with E-state index in [2.05, 4.69) is 5.32 Å². The van der Waals surface area contributed by atoms with Crippen molar-refractivity contribution in [2.45, 2.75) is 18.7 Å². The van der Waals surface area contributed by atoms with Gasteiger partial charge in [0.25, 0.3) is 5.69 Å². The molecule has 0 saturated carbocycles. The van der Waals surface area contributed by atoms with E-state index < -0.39 is 25.4 Å². The van der Waals surface area contributed by atoms with Gasteiger partial charge in [0.05, 0.1) is 10.6 Å². The highest BCUT2D eigenvalue weighted by Gasteiger charge is 2.37. The predicted octanol–water partition coefficient (Wildman–Crippen LogP) is 3.22. The van der Waals surface area contributed by atoms with E-state index in [0.29, 0.717) is 5.56 Å². The van der Waals surface area contributed by atoms with Gasteiger partial charge < -0.3 is 5.32 Å². The van der Waals surface area contributed by atoms with E-state index in [4.69, 9.17) is 0 Å². The molecule has 0 saturated heterocycles. The molecule has 0 bridgehead atoms.